The molecule has 0 saturated carbocycles. The molecule has 17 heavy (non-hydrogen) atoms. The lowest BCUT2D eigenvalue weighted by atomic mass is 10.2. The highest BCUT2D eigenvalue weighted by Crippen LogP contribution is 2.00. The SMILES string of the molecule is CN(C)C(=O)N(C)C=NOCc1ccccc1. The summed E-state index contributed by atoms with van der Waals surface area (Å²) in [5.74, 6) is 0. The molecule has 0 fully saturated rings. The van der Waals surface area contributed by atoms with E-state index in [1.54, 1.807) is 21.1 Å². The van der Waals surface area contributed by atoms with Crippen LogP contribution in [0.15, 0.2) is 35.5 Å². The molecule has 1 rings (SSSR count). The van der Waals surface area contributed by atoms with Gasteiger partial charge in [-0.05, 0) is 5.56 Å². The predicted molar refractivity (Wildman–Crippen MR) is 66.6 cm³/mol. The van der Waals surface area contributed by atoms with Gasteiger partial charge in [0.05, 0.1) is 0 Å². The zero-order chi connectivity index (χ0) is 12.7. The fourth-order valence-corrected chi connectivity index (χ4v) is 1.15. The minimum Gasteiger partial charge on any atom is -0.390 e. The molecule has 1 aromatic carbocycles. The van der Waals surface area contributed by atoms with Crippen molar-refractivity contribution in [2.24, 2.45) is 5.16 Å². The van der Waals surface area contributed by atoms with Crippen LogP contribution in [0.1, 0.15) is 5.56 Å². The molecule has 0 unspecified atom stereocenters. The average molecular weight is 235 g/mol. The lowest BCUT2D eigenvalue weighted by molar-refractivity contribution is 0.128. The second kappa shape index (κ2) is 6.52. The highest BCUT2D eigenvalue weighted by atomic mass is 16.6. The quantitative estimate of drug-likeness (QED) is 0.453. The summed E-state index contributed by atoms with van der Waals surface area (Å²) in [4.78, 5) is 19.3. The first-order valence-electron chi connectivity index (χ1n) is 5.24. The molecule has 1 aromatic rings. The number of hydrogen-bond donors (Lipinski definition) is 0. The van der Waals surface area contributed by atoms with E-state index in [9.17, 15) is 4.79 Å². The monoisotopic (exact) mass is 235 g/mol. The van der Waals surface area contributed by atoms with Crippen molar-refractivity contribution in [2.75, 3.05) is 21.1 Å². The Hall–Kier alpha value is -2.04. The molecule has 0 spiro atoms. The van der Waals surface area contributed by atoms with Gasteiger partial charge in [-0.3, -0.25) is 4.90 Å². The van der Waals surface area contributed by atoms with E-state index in [-0.39, 0.29) is 6.03 Å². The number of rotatable bonds is 4. The number of nitrogens with zero attached hydrogens (tertiary/aromatic N) is 3. The maximum absolute atomic E-state index is 11.4. The second-order valence-corrected chi connectivity index (χ2v) is 3.77. The van der Waals surface area contributed by atoms with E-state index in [4.69, 9.17) is 4.84 Å². The van der Waals surface area contributed by atoms with Crippen LogP contribution in [0, 0.1) is 0 Å². The maximum Gasteiger partial charge on any atom is 0.324 e. The lowest BCUT2D eigenvalue weighted by Gasteiger charge is -2.16. The van der Waals surface area contributed by atoms with Gasteiger partial charge in [0, 0.05) is 21.1 Å². The van der Waals surface area contributed by atoms with E-state index in [1.165, 1.54) is 16.1 Å². The van der Waals surface area contributed by atoms with Crippen LogP contribution in [-0.2, 0) is 11.4 Å². The fraction of sp³-hybridized carbons (Fsp3) is 0.333. The molecule has 0 aromatic heterocycles. The van der Waals surface area contributed by atoms with E-state index in [0.29, 0.717) is 6.61 Å². The Balaban J connectivity index is 2.34. The Bertz CT molecular complexity index is 377. The third kappa shape index (κ3) is 4.55. The van der Waals surface area contributed by atoms with Gasteiger partial charge in [0.15, 0.2) is 0 Å². The summed E-state index contributed by atoms with van der Waals surface area (Å²) in [5, 5.41) is 3.72. The van der Waals surface area contributed by atoms with Gasteiger partial charge in [-0.25, -0.2) is 4.79 Å². The van der Waals surface area contributed by atoms with E-state index in [1.807, 2.05) is 30.3 Å². The largest absolute Gasteiger partial charge is 0.390 e. The maximum atomic E-state index is 11.4. The number of benzene rings is 1. The summed E-state index contributed by atoms with van der Waals surface area (Å²) in [6, 6.07) is 9.55. The van der Waals surface area contributed by atoms with Gasteiger partial charge in [0.25, 0.3) is 0 Å². The first-order valence-corrected chi connectivity index (χ1v) is 5.24. The van der Waals surface area contributed by atoms with Crippen molar-refractivity contribution >= 4 is 12.4 Å². The van der Waals surface area contributed by atoms with Crippen LogP contribution >= 0.6 is 0 Å². The van der Waals surface area contributed by atoms with Crippen LogP contribution in [0.2, 0.25) is 0 Å². The molecular formula is C12H17N3O2. The highest BCUT2D eigenvalue weighted by Gasteiger charge is 2.07. The molecule has 0 atom stereocenters. The van der Waals surface area contributed by atoms with E-state index < -0.39 is 0 Å². The molecule has 5 heteroatoms. The summed E-state index contributed by atoms with van der Waals surface area (Å²) in [6.07, 6.45) is 1.35. The van der Waals surface area contributed by atoms with Gasteiger partial charge >= 0.3 is 6.03 Å². The molecule has 92 valence electrons. The molecule has 0 N–H and O–H groups in total. The minimum atomic E-state index is -0.155. The molecule has 0 aliphatic rings. The van der Waals surface area contributed by atoms with Crippen LogP contribution in [0.4, 0.5) is 4.79 Å². The Morgan fingerprint density at radius 3 is 2.53 bits per heavy atom. The number of carbonyl (C=O) groups is 1. The zero-order valence-corrected chi connectivity index (χ0v) is 10.3. The van der Waals surface area contributed by atoms with Gasteiger partial charge in [0.1, 0.15) is 12.9 Å². The third-order valence-corrected chi connectivity index (χ3v) is 2.05. The van der Waals surface area contributed by atoms with Gasteiger partial charge in [-0.1, -0.05) is 35.5 Å². The standard InChI is InChI=1S/C12H17N3O2/c1-14(2)12(16)15(3)10-13-17-9-11-7-5-4-6-8-11/h4-8,10H,9H2,1-3H3. The molecule has 0 heterocycles. The van der Waals surface area contributed by atoms with E-state index >= 15 is 0 Å². The van der Waals surface area contributed by atoms with Crippen molar-refractivity contribution < 1.29 is 9.63 Å². The lowest BCUT2D eigenvalue weighted by Crippen LogP contribution is -2.35. The van der Waals surface area contributed by atoms with Crippen molar-refractivity contribution in [2.45, 2.75) is 6.61 Å². The third-order valence-electron chi connectivity index (χ3n) is 2.05. The van der Waals surface area contributed by atoms with Crippen LogP contribution < -0.4 is 0 Å². The molecule has 0 saturated heterocycles. The Kier molecular flexibility index (Phi) is 5.00. The topological polar surface area (TPSA) is 45.1 Å². The van der Waals surface area contributed by atoms with E-state index in [0.717, 1.165) is 5.56 Å². The van der Waals surface area contributed by atoms with Crippen molar-refractivity contribution in [3.63, 3.8) is 0 Å². The van der Waals surface area contributed by atoms with Crippen molar-refractivity contribution in [1.29, 1.82) is 0 Å². The Morgan fingerprint density at radius 1 is 1.29 bits per heavy atom. The average Bonchev–Trinajstić information content (AvgIpc) is 2.34. The molecule has 5 nitrogen and oxygen atoms in total. The number of carbonyl (C=O) groups excluding carboxylic acids is 1. The Labute approximate surface area is 101 Å². The van der Waals surface area contributed by atoms with Crippen molar-refractivity contribution in [3.8, 4) is 0 Å². The minimum absolute atomic E-state index is 0.155. The zero-order valence-electron chi connectivity index (χ0n) is 10.3. The summed E-state index contributed by atoms with van der Waals surface area (Å²) < 4.78 is 0. The smallest absolute Gasteiger partial charge is 0.324 e. The van der Waals surface area contributed by atoms with Gasteiger partial charge < -0.3 is 9.74 Å². The van der Waals surface area contributed by atoms with Crippen molar-refractivity contribution in [1.82, 2.24) is 9.80 Å². The summed E-state index contributed by atoms with van der Waals surface area (Å²) >= 11 is 0. The molecule has 2 amide bonds. The molecule has 0 radical (unpaired) electrons. The summed E-state index contributed by atoms with van der Waals surface area (Å²) in [5.41, 5.74) is 1.03. The predicted octanol–water partition coefficient (Wildman–Crippen LogP) is 1.76. The van der Waals surface area contributed by atoms with Crippen LogP contribution in [-0.4, -0.2) is 43.3 Å². The molecule has 0 aliphatic heterocycles. The first-order chi connectivity index (χ1) is 8.11. The molecule has 0 bridgehead atoms. The summed E-state index contributed by atoms with van der Waals surface area (Å²) in [6.45, 7) is 0.390. The van der Waals surface area contributed by atoms with Gasteiger partial charge in [-0.2, -0.15) is 0 Å². The number of hydrogen-bond acceptors (Lipinski definition) is 3. The van der Waals surface area contributed by atoms with Crippen molar-refractivity contribution in [3.05, 3.63) is 35.9 Å². The van der Waals surface area contributed by atoms with Crippen LogP contribution in [0.3, 0.4) is 0 Å². The number of oxime groups is 1. The number of urea groups is 1. The fourth-order valence-electron chi connectivity index (χ4n) is 1.15. The normalized spacial score (nSPS) is 10.3. The van der Waals surface area contributed by atoms with Crippen LogP contribution in [0.25, 0.3) is 0 Å². The number of amides is 2. The van der Waals surface area contributed by atoms with Gasteiger partial charge in [-0.15, -0.1) is 0 Å². The van der Waals surface area contributed by atoms with Gasteiger partial charge in [0.2, 0.25) is 0 Å². The van der Waals surface area contributed by atoms with Crippen LogP contribution in [0.5, 0.6) is 0 Å². The second-order valence-electron chi connectivity index (χ2n) is 3.77. The Morgan fingerprint density at radius 2 is 1.94 bits per heavy atom. The first kappa shape index (κ1) is 13.0. The highest BCUT2D eigenvalue weighted by molar-refractivity contribution is 5.85. The summed E-state index contributed by atoms with van der Waals surface area (Å²) in [7, 11) is 4.98. The molecule has 0 aliphatic carbocycles. The molecular weight excluding hydrogens is 218 g/mol. The van der Waals surface area contributed by atoms with E-state index in [2.05, 4.69) is 5.16 Å².